The molecule has 20 heavy (non-hydrogen) atoms. The Bertz CT molecular complexity index is 730. The number of hydrogen-bond donors (Lipinski definition) is 1. The Morgan fingerprint density at radius 2 is 1.95 bits per heavy atom. The first kappa shape index (κ1) is 12.6. The van der Waals surface area contributed by atoms with Crippen LogP contribution in [0.5, 0.6) is 0 Å². The van der Waals surface area contributed by atoms with Gasteiger partial charge < -0.3 is 4.90 Å². The van der Waals surface area contributed by atoms with Gasteiger partial charge in [0.2, 0.25) is 5.82 Å². The van der Waals surface area contributed by atoms with Crippen LogP contribution >= 0.6 is 0 Å². The van der Waals surface area contributed by atoms with Crippen molar-refractivity contribution >= 4 is 11.6 Å². The Kier molecular flexibility index (Phi) is 3.10. The minimum absolute atomic E-state index is 0.691. The van der Waals surface area contributed by atoms with Crippen molar-refractivity contribution in [3.8, 4) is 0 Å². The smallest absolute Gasteiger partial charge is 0.305 e. The molecule has 5 heteroatoms. The predicted molar refractivity (Wildman–Crippen MR) is 77.6 cm³/mol. The van der Waals surface area contributed by atoms with Crippen LogP contribution in [0.3, 0.4) is 0 Å². The molecule has 0 radical (unpaired) electrons. The highest BCUT2D eigenvalue weighted by atomic mass is 15.4. The lowest BCUT2D eigenvalue weighted by Crippen LogP contribution is -2.35. The number of rotatable bonds is 3. The van der Waals surface area contributed by atoms with Crippen molar-refractivity contribution in [1.29, 1.82) is 0 Å². The number of nitrogens with zero attached hydrogens (tertiary/aromatic N) is 4. The molecule has 0 aliphatic carbocycles. The zero-order chi connectivity index (χ0) is 14.1. The first-order chi connectivity index (χ1) is 9.63. The number of nitrogens with one attached hydrogen (secondary N) is 1. The van der Waals surface area contributed by atoms with Crippen LogP contribution in [0.1, 0.15) is 16.8 Å². The Labute approximate surface area is 117 Å². The number of anilines is 1. The zero-order valence-corrected chi connectivity index (χ0v) is 12.0. The number of H-pyrrole nitrogens is 1. The van der Waals surface area contributed by atoms with Gasteiger partial charge in [-0.1, -0.05) is 34.8 Å². The maximum absolute atomic E-state index is 4.39. The molecule has 0 aliphatic rings. The van der Waals surface area contributed by atoms with Crippen molar-refractivity contribution in [1.82, 2.24) is 15.1 Å². The van der Waals surface area contributed by atoms with Crippen molar-refractivity contribution < 1.29 is 4.52 Å². The fourth-order valence-electron chi connectivity index (χ4n) is 2.28. The molecule has 0 saturated heterocycles. The van der Waals surface area contributed by atoms with Crippen molar-refractivity contribution in [2.75, 3.05) is 11.9 Å². The largest absolute Gasteiger partial charge is 0.408 e. The van der Waals surface area contributed by atoms with Crippen LogP contribution in [0.2, 0.25) is 0 Å². The lowest BCUT2D eigenvalue weighted by molar-refractivity contribution is -0.567. The summed E-state index contributed by atoms with van der Waals surface area (Å²) in [5.74, 6) is 1.74. The quantitative estimate of drug-likeness (QED) is 0.737. The molecule has 3 rings (SSSR count). The summed E-state index contributed by atoms with van der Waals surface area (Å²) in [5.41, 5.74) is 3.52. The van der Waals surface area contributed by atoms with Gasteiger partial charge in [0.25, 0.3) is 0 Å². The van der Waals surface area contributed by atoms with Crippen molar-refractivity contribution in [3.63, 3.8) is 0 Å². The van der Waals surface area contributed by atoms with E-state index in [1.165, 1.54) is 11.1 Å². The molecule has 2 heterocycles. The monoisotopic (exact) mass is 268 g/mol. The minimum atomic E-state index is 0.691. The summed E-state index contributed by atoms with van der Waals surface area (Å²) in [7, 11) is 2.07. The third-order valence-electron chi connectivity index (χ3n) is 3.34. The second kappa shape index (κ2) is 4.92. The molecule has 0 saturated carbocycles. The van der Waals surface area contributed by atoms with E-state index in [4.69, 9.17) is 0 Å². The van der Waals surface area contributed by atoms with Crippen molar-refractivity contribution in [2.45, 2.75) is 20.4 Å². The Morgan fingerprint density at radius 3 is 2.70 bits per heavy atom. The van der Waals surface area contributed by atoms with Crippen LogP contribution in [0, 0.1) is 13.8 Å². The highest BCUT2D eigenvalue weighted by molar-refractivity contribution is 5.38. The first-order valence-electron chi connectivity index (χ1n) is 6.63. The van der Waals surface area contributed by atoms with Gasteiger partial charge in [-0.25, -0.2) is 5.10 Å². The van der Waals surface area contributed by atoms with Gasteiger partial charge in [0, 0.05) is 13.1 Å². The number of aromatic amines is 1. The van der Waals surface area contributed by atoms with Crippen molar-refractivity contribution in [2.24, 2.45) is 0 Å². The number of aryl methyl sites for hydroxylation is 2. The van der Waals surface area contributed by atoms with E-state index in [0.29, 0.717) is 5.78 Å². The summed E-state index contributed by atoms with van der Waals surface area (Å²) in [4.78, 5) is 10.8. The molecule has 102 valence electrons. The van der Waals surface area contributed by atoms with E-state index < -0.39 is 0 Å². The highest BCUT2D eigenvalue weighted by Gasteiger charge is 2.16. The fourth-order valence-corrected chi connectivity index (χ4v) is 2.28. The molecule has 0 unspecified atom stereocenters. The van der Waals surface area contributed by atoms with Crippen LogP contribution in [0.15, 0.2) is 36.7 Å². The van der Waals surface area contributed by atoms with Gasteiger partial charge in [0.05, 0.1) is 6.54 Å². The van der Waals surface area contributed by atoms with Gasteiger partial charge in [-0.3, -0.25) is 0 Å². The molecule has 0 spiro atoms. The second-order valence-corrected chi connectivity index (χ2v) is 5.12. The predicted octanol–water partition coefficient (Wildman–Crippen LogP) is 1.80. The van der Waals surface area contributed by atoms with E-state index in [9.17, 15) is 0 Å². The topological polar surface area (TPSA) is 48.9 Å². The van der Waals surface area contributed by atoms with Gasteiger partial charge in [0.15, 0.2) is 6.33 Å². The van der Waals surface area contributed by atoms with Gasteiger partial charge >= 0.3 is 5.78 Å². The molecule has 0 fully saturated rings. The van der Waals surface area contributed by atoms with Crippen LogP contribution in [-0.2, 0) is 6.54 Å². The Morgan fingerprint density at radius 1 is 1.20 bits per heavy atom. The summed E-state index contributed by atoms with van der Waals surface area (Å²) >= 11 is 0. The molecular weight excluding hydrogens is 250 g/mol. The van der Waals surface area contributed by atoms with Crippen LogP contribution in [-0.4, -0.2) is 22.1 Å². The van der Waals surface area contributed by atoms with E-state index in [2.05, 4.69) is 64.3 Å². The number of hydrogen-bond acceptors (Lipinski definition) is 3. The molecule has 0 amide bonds. The average Bonchev–Trinajstić information content (AvgIpc) is 2.88. The van der Waals surface area contributed by atoms with E-state index in [0.717, 1.165) is 18.1 Å². The molecule has 2 aromatic heterocycles. The third kappa shape index (κ3) is 2.34. The molecule has 0 aliphatic heterocycles. The SMILES string of the molecule is Cc1ccc(CN(C)c2cc(C)nc3nc[nH][n+]23)cc1. The standard InChI is InChI=1S/C15H17N5/c1-11-4-6-13(7-5-11)9-19(3)14-8-12(2)18-15-16-10-17-20(14)15/h4-8,10H,9H2,1-3H3/p+1. The van der Waals surface area contributed by atoms with Gasteiger partial charge in [-0.15, -0.1) is 9.50 Å². The van der Waals surface area contributed by atoms with Gasteiger partial charge in [-0.2, -0.15) is 0 Å². The lowest BCUT2D eigenvalue weighted by atomic mass is 10.1. The molecule has 0 bridgehead atoms. The van der Waals surface area contributed by atoms with Crippen LogP contribution < -0.4 is 9.42 Å². The molecule has 3 aromatic rings. The lowest BCUT2D eigenvalue weighted by Gasteiger charge is -2.15. The molecular formula is C15H18N5+. The maximum atomic E-state index is 4.39. The molecule has 1 aromatic carbocycles. The third-order valence-corrected chi connectivity index (χ3v) is 3.34. The van der Waals surface area contributed by atoms with E-state index in [-0.39, 0.29) is 0 Å². The number of aromatic nitrogens is 4. The summed E-state index contributed by atoms with van der Waals surface area (Å²) in [6, 6.07) is 10.7. The molecule has 5 nitrogen and oxygen atoms in total. The fraction of sp³-hybridized carbons (Fsp3) is 0.267. The van der Waals surface area contributed by atoms with E-state index in [1.807, 2.05) is 11.4 Å². The molecule has 1 N–H and O–H groups in total. The van der Waals surface area contributed by atoms with Crippen LogP contribution in [0.4, 0.5) is 5.82 Å². The van der Waals surface area contributed by atoms with E-state index >= 15 is 0 Å². The molecule has 0 atom stereocenters. The average molecular weight is 268 g/mol. The zero-order valence-electron chi connectivity index (χ0n) is 12.0. The number of benzene rings is 1. The van der Waals surface area contributed by atoms with Crippen molar-refractivity contribution in [3.05, 3.63) is 53.5 Å². The normalized spacial score (nSPS) is 10.9. The van der Waals surface area contributed by atoms with Gasteiger partial charge in [0.1, 0.15) is 5.69 Å². The summed E-state index contributed by atoms with van der Waals surface area (Å²) in [6.07, 6.45) is 1.66. The van der Waals surface area contributed by atoms with E-state index in [1.54, 1.807) is 6.33 Å². The number of fused-ring (bicyclic) bond motifs is 1. The Balaban J connectivity index is 1.93. The van der Waals surface area contributed by atoms with Crippen LogP contribution in [0.25, 0.3) is 5.78 Å². The minimum Gasteiger partial charge on any atom is -0.305 e. The summed E-state index contributed by atoms with van der Waals surface area (Å²) in [5, 5.41) is 3.09. The summed E-state index contributed by atoms with van der Waals surface area (Å²) < 4.78 is 1.89. The van der Waals surface area contributed by atoms with Gasteiger partial charge in [-0.05, 0) is 19.4 Å². The maximum Gasteiger partial charge on any atom is 0.408 e. The highest BCUT2D eigenvalue weighted by Crippen LogP contribution is 2.13. The first-order valence-corrected chi connectivity index (χ1v) is 6.63. The summed E-state index contributed by atoms with van der Waals surface area (Å²) in [6.45, 7) is 4.92. The second-order valence-electron chi connectivity index (χ2n) is 5.12. The Hall–Kier alpha value is -2.43.